The van der Waals surface area contributed by atoms with Crippen molar-refractivity contribution in [1.82, 2.24) is 0 Å². The van der Waals surface area contributed by atoms with Crippen LogP contribution in [-0.2, 0) is 4.43 Å². The van der Waals surface area contributed by atoms with Crippen molar-refractivity contribution in [3.8, 4) is 0 Å². The second kappa shape index (κ2) is 7.31. The van der Waals surface area contributed by atoms with Gasteiger partial charge < -0.3 is 4.43 Å². The summed E-state index contributed by atoms with van der Waals surface area (Å²) >= 11 is 0. The summed E-state index contributed by atoms with van der Waals surface area (Å²) in [6.45, 7) is 10.0. The molecular weight excluding hydrogens is 320 g/mol. The second-order valence-electron chi connectivity index (χ2n) is 8.16. The van der Waals surface area contributed by atoms with Gasteiger partial charge in [-0.05, 0) is 40.6 Å². The Morgan fingerprint density at radius 3 is 1.92 bits per heavy atom. The lowest BCUT2D eigenvalue weighted by molar-refractivity contribution is 0.277. The average Bonchev–Trinajstić information content (AvgIpc) is 3.35. The van der Waals surface area contributed by atoms with E-state index in [9.17, 15) is 0 Å². The third kappa shape index (κ3) is 3.65. The Labute approximate surface area is 153 Å². The van der Waals surface area contributed by atoms with Gasteiger partial charge in [-0.3, -0.25) is 0 Å². The van der Waals surface area contributed by atoms with E-state index >= 15 is 0 Å². The largest absolute Gasteiger partial charge is 0.407 e. The number of hydrogen-bond acceptors (Lipinski definition) is 1. The summed E-state index contributed by atoms with van der Waals surface area (Å²) in [4.78, 5) is 0. The summed E-state index contributed by atoms with van der Waals surface area (Å²) in [5.74, 6) is 1.39. The molecule has 2 heteroatoms. The van der Waals surface area contributed by atoms with Crippen molar-refractivity contribution >= 4 is 18.7 Å². The van der Waals surface area contributed by atoms with E-state index < -0.39 is 8.32 Å². The van der Waals surface area contributed by atoms with E-state index in [-0.39, 0.29) is 5.04 Å². The van der Waals surface area contributed by atoms with Gasteiger partial charge in [0.2, 0.25) is 0 Å². The minimum absolute atomic E-state index is 0.0701. The Bertz CT molecular complexity index is 660. The zero-order valence-corrected chi connectivity index (χ0v) is 16.9. The number of rotatable bonds is 6. The van der Waals surface area contributed by atoms with Crippen LogP contribution in [-0.4, -0.2) is 14.9 Å². The Balaban J connectivity index is 2.00. The quantitative estimate of drug-likeness (QED) is 0.538. The minimum Gasteiger partial charge on any atom is -0.407 e. The molecule has 2 aromatic carbocycles. The highest BCUT2D eigenvalue weighted by atomic mass is 28.4. The van der Waals surface area contributed by atoms with Crippen LogP contribution in [0, 0.1) is 11.8 Å². The third-order valence-electron chi connectivity index (χ3n) is 5.35. The molecule has 0 aromatic heterocycles. The molecule has 0 N–H and O–H groups in total. The van der Waals surface area contributed by atoms with Crippen LogP contribution in [0.3, 0.4) is 0 Å². The maximum absolute atomic E-state index is 6.97. The molecule has 1 aliphatic carbocycles. The molecule has 0 unspecified atom stereocenters. The van der Waals surface area contributed by atoms with E-state index in [1.54, 1.807) is 0 Å². The first-order chi connectivity index (χ1) is 12.0. The number of hydrogen-bond donors (Lipinski definition) is 0. The fourth-order valence-electron chi connectivity index (χ4n) is 3.94. The Kier molecular flexibility index (Phi) is 5.31. The van der Waals surface area contributed by atoms with Crippen LogP contribution in [0.1, 0.15) is 34.1 Å². The van der Waals surface area contributed by atoms with Gasteiger partial charge in [0.25, 0.3) is 8.32 Å². The standard InChI is InChI=1S/C23H30OSi/c1-5-12-19-17-20(19)18-24-25(23(2,3)4,21-13-8-6-9-14-21)22-15-10-7-11-16-22/h5-16,19-20H,17-18H2,1-4H3/b12-5+/t19-,20-/m1/s1. The monoisotopic (exact) mass is 350 g/mol. The van der Waals surface area contributed by atoms with E-state index in [0.29, 0.717) is 11.8 Å². The van der Waals surface area contributed by atoms with Gasteiger partial charge in [0.15, 0.2) is 0 Å². The van der Waals surface area contributed by atoms with Crippen LogP contribution in [0.2, 0.25) is 5.04 Å². The highest BCUT2D eigenvalue weighted by Gasteiger charge is 2.51. The van der Waals surface area contributed by atoms with Gasteiger partial charge in [-0.2, -0.15) is 0 Å². The fourth-order valence-corrected chi connectivity index (χ4v) is 8.56. The first kappa shape index (κ1) is 18.2. The van der Waals surface area contributed by atoms with Crippen molar-refractivity contribution in [2.75, 3.05) is 6.61 Å². The first-order valence-corrected chi connectivity index (χ1v) is 11.3. The second-order valence-corrected chi connectivity index (χ2v) is 12.5. The molecule has 0 aliphatic heterocycles. The minimum atomic E-state index is -2.35. The molecule has 1 fully saturated rings. The predicted molar refractivity (Wildman–Crippen MR) is 110 cm³/mol. The van der Waals surface area contributed by atoms with Crippen LogP contribution in [0.25, 0.3) is 0 Å². The molecule has 1 nitrogen and oxygen atoms in total. The predicted octanol–water partition coefficient (Wildman–Crippen LogP) is 4.78. The normalized spacial score (nSPS) is 20.8. The van der Waals surface area contributed by atoms with E-state index in [1.807, 2.05) is 0 Å². The SMILES string of the molecule is C/C=C/[C@@H]1C[C@@H]1CO[Si](c1ccccc1)(c1ccccc1)C(C)(C)C. The topological polar surface area (TPSA) is 9.23 Å². The van der Waals surface area contributed by atoms with Gasteiger partial charge in [0.1, 0.15) is 0 Å². The molecule has 0 radical (unpaired) electrons. The first-order valence-electron chi connectivity index (χ1n) is 9.37. The van der Waals surface area contributed by atoms with Gasteiger partial charge in [-0.25, -0.2) is 0 Å². The van der Waals surface area contributed by atoms with E-state index in [2.05, 4.69) is 101 Å². The smallest absolute Gasteiger partial charge is 0.261 e. The molecule has 3 rings (SSSR count). The lowest BCUT2D eigenvalue weighted by Gasteiger charge is -2.43. The molecule has 0 spiro atoms. The highest BCUT2D eigenvalue weighted by molar-refractivity contribution is 6.99. The summed E-state index contributed by atoms with van der Waals surface area (Å²) < 4.78 is 6.97. The maximum Gasteiger partial charge on any atom is 0.261 e. The maximum atomic E-state index is 6.97. The molecule has 25 heavy (non-hydrogen) atoms. The molecule has 1 aliphatic rings. The molecule has 0 bridgehead atoms. The van der Waals surface area contributed by atoms with Crippen molar-refractivity contribution in [2.45, 2.75) is 39.2 Å². The third-order valence-corrected chi connectivity index (χ3v) is 10.4. The zero-order chi connectivity index (χ0) is 17.9. The molecular formula is C23H30OSi. The van der Waals surface area contributed by atoms with Crippen molar-refractivity contribution < 1.29 is 4.43 Å². The molecule has 2 aromatic rings. The van der Waals surface area contributed by atoms with Crippen molar-refractivity contribution in [3.63, 3.8) is 0 Å². The van der Waals surface area contributed by atoms with Gasteiger partial charge in [0, 0.05) is 6.61 Å². The zero-order valence-electron chi connectivity index (χ0n) is 15.9. The Morgan fingerprint density at radius 2 is 1.48 bits per heavy atom. The van der Waals surface area contributed by atoms with E-state index in [4.69, 9.17) is 4.43 Å². The molecule has 132 valence electrons. The van der Waals surface area contributed by atoms with Gasteiger partial charge in [-0.1, -0.05) is 93.6 Å². The van der Waals surface area contributed by atoms with Crippen LogP contribution in [0.5, 0.6) is 0 Å². The van der Waals surface area contributed by atoms with Gasteiger partial charge in [-0.15, -0.1) is 0 Å². The molecule has 0 heterocycles. The van der Waals surface area contributed by atoms with Crippen LogP contribution < -0.4 is 10.4 Å². The summed E-state index contributed by atoms with van der Waals surface area (Å²) in [5.41, 5.74) is 0. The van der Waals surface area contributed by atoms with Crippen molar-refractivity contribution in [3.05, 3.63) is 72.8 Å². The summed E-state index contributed by atoms with van der Waals surface area (Å²) in [6, 6.07) is 21.8. The molecule has 0 amide bonds. The lowest BCUT2D eigenvalue weighted by atomic mass is 10.2. The molecule has 0 saturated heterocycles. The van der Waals surface area contributed by atoms with Crippen molar-refractivity contribution in [1.29, 1.82) is 0 Å². The van der Waals surface area contributed by atoms with Gasteiger partial charge in [0.05, 0.1) is 0 Å². The molecule has 1 saturated carbocycles. The van der Waals surface area contributed by atoms with Gasteiger partial charge >= 0.3 is 0 Å². The highest BCUT2D eigenvalue weighted by Crippen LogP contribution is 2.43. The van der Waals surface area contributed by atoms with E-state index in [1.165, 1.54) is 16.8 Å². The average molecular weight is 351 g/mol. The van der Waals surface area contributed by atoms with Crippen molar-refractivity contribution in [2.24, 2.45) is 11.8 Å². The van der Waals surface area contributed by atoms with E-state index in [0.717, 1.165) is 6.61 Å². The number of benzene rings is 2. The summed E-state index contributed by atoms with van der Waals surface area (Å²) in [6.07, 6.45) is 5.77. The Hall–Kier alpha value is -1.64. The van der Waals surface area contributed by atoms with Crippen LogP contribution >= 0.6 is 0 Å². The lowest BCUT2D eigenvalue weighted by Crippen LogP contribution is -2.66. The van der Waals surface area contributed by atoms with Crippen LogP contribution in [0.4, 0.5) is 0 Å². The fraction of sp³-hybridized carbons (Fsp3) is 0.391. The molecule has 2 atom stereocenters. The summed E-state index contributed by atoms with van der Waals surface area (Å²) in [7, 11) is -2.35. The van der Waals surface area contributed by atoms with Crippen LogP contribution in [0.15, 0.2) is 72.8 Å². The number of allylic oxidation sites excluding steroid dienone is 2. The Morgan fingerprint density at radius 1 is 0.960 bits per heavy atom. The summed E-state index contributed by atoms with van der Waals surface area (Å²) in [5, 5.41) is 2.81.